The molecule has 3 rings (SSSR count). The SMILES string of the molecule is CO/N=C/CCC(=O)n1c(-c2ccccc2)c(C)c2ccccc21. The van der Waals surface area contributed by atoms with E-state index in [1.165, 1.54) is 7.11 Å². The zero-order valence-electron chi connectivity index (χ0n) is 13.9. The van der Waals surface area contributed by atoms with Crippen LogP contribution in [0.1, 0.15) is 23.2 Å². The van der Waals surface area contributed by atoms with E-state index in [4.69, 9.17) is 0 Å². The van der Waals surface area contributed by atoms with Gasteiger partial charge in [0.05, 0.1) is 11.2 Å². The van der Waals surface area contributed by atoms with E-state index in [0.717, 1.165) is 27.7 Å². The minimum absolute atomic E-state index is 0.0562. The molecule has 0 atom stereocenters. The molecule has 0 amide bonds. The summed E-state index contributed by atoms with van der Waals surface area (Å²) in [6.07, 6.45) is 2.55. The zero-order valence-corrected chi connectivity index (χ0v) is 13.9. The van der Waals surface area contributed by atoms with Crippen LogP contribution >= 0.6 is 0 Å². The summed E-state index contributed by atoms with van der Waals surface area (Å²) >= 11 is 0. The maximum atomic E-state index is 12.9. The first-order chi connectivity index (χ1) is 11.7. The van der Waals surface area contributed by atoms with Crippen molar-refractivity contribution in [2.75, 3.05) is 7.11 Å². The predicted molar refractivity (Wildman–Crippen MR) is 97.5 cm³/mol. The van der Waals surface area contributed by atoms with Gasteiger partial charge in [-0.05, 0) is 30.5 Å². The van der Waals surface area contributed by atoms with E-state index in [-0.39, 0.29) is 5.91 Å². The molecule has 0 unspecified atom stereocenters. The summed E-state index contributed by atoms with van der Waals surface area (Å²) in [6.45, 7) is 2.07. The van der Waals surface area contributed by atoms with Crippen molar-refractivity contribution in [3.63, 3.8) is 0 Å². The second-order valence-corrected chi connectivity index (χ2v) is 5.60. The number of fused-ring (bicyclic) bond motifs is 1. The molecule has 3 aromatic rings. The van der Waals surface area contributed by atoms with Crippen LogP contribution in [-0.4, -0.2) is 23.8 Å². The van der Waals surface area contributed by atoms with Gasteiger partial charge < -0.3 is 4.84 Å². The fraction of sp³-hybridized carbons (Fsp3) is 0.200. The summed E-state index contributed by atoms with van der Waals surface area (Å²) in [6, 6.07) is 18.1. The van der Waals surface area contributed by atoms with Crippen LogP contribution in [0.5, 0.6) is 0 Å². The second-order valence-electron chi connectivity index (χ2n) is 5.60. The Morgan fingerprint density at radius 1 is 1.12 bits per heavy atom. The van der Waals surface area contributed by atoms with Gasteiger partial charge in [-0.25, -0.2) is 0 Å². The summed E-state index contributed by atoms with van der Waals surface area (Å²) in [5.74, 6) is 0.0562. The smallest absolute Gasteiger partial charge is 0.231 e. The molecule has 2 aromatic carbocycles. The molecule has 0 radical (unpaired) electrons. The highest BCUT2D eigenvalue weighted by Gasteiger charge is 2.19. The second kappa shape index (κ2) is 7.13. The molecule has 24 heavy (non-hydrogen) atoms. The van der Waals surface area contributed by atoms with E-state index in [1.807, 2.05) is 53.1 Å². The number of benzene rings is 2. The van der Waals surface area contributed by atoms with Crippen LogP contribution < -0.4 is 0 Å². The number of carbonyl (C=O) groups excluding carboxylic acids is 1. The van der Waals surface area contributed by atoms with E-state index in [0.29, 0.717) is 12.8 Å². The van der Waals surface area contributed by atoms with Crippen molar-refractivity contribution in [3.8, 4) is 11.3 Å². The summed E-state index contributed by atoms with van der Waals surface area (Å²) in [5.41, 5.74) is 4.08. The van der Waals surface area contributed by atoms with Crippen LogP contribution in [0.25, 0.3) is 22.2 Å². The number of hydrogen-bond acceptors (Lipinski definition) is 3. The monoisotopic (exact) mass is 320 g/mol. The third-order valence-electron chi connectivity index (χ3n) is 4.09. The molecule has 4 nitrogen and oxygen atoms in total. The van der Waals surface area contributed by atoms with Gasteiger partial charge in [0.2, 0.25) is 5.91 Å². The lowest BCUT2D eigenvalue weighted by Crippen LogP contribution is -2.12. The standard InChI is InChI=1S/C20H20N2O2/c1-15-17-11-6-7-12-18(17)22(19(23)13-8-14-21-24-2)20(15)16-9-4-3-5-10-16/h3-7,9-12,14H,8,13H2,1-2H3/b21-14+. The molecule has 1 aromatic heterocycles. The molecule has 1 heterocycles. The average Bonchev–Trinajstić information content (AvgIpc) is 2.92. The molecule has 4 heteroatoms. The Labute approximate surface area is 141 Å². The molecule has 0 saturated heterocycles. The molecule has 0 aliphatic rings. The molecule has 0 N–H and O–H groups in total. The maximum absolute atomic E-state index is 12.9. The Bertz CT molecular complexity index is 879. The number of aryl methyl sites for hydroxylation is 1. The van der Waals surface area contributed by atoms with Crippen LogP contribution in [0.2, 0.25) is 0 Å². The Kier molecular flexibility index (Phi) is 4.75. The molecule has 0 aliphatic heterocycles. The molecule has 0 aliphatic carbocycles. The molecule has 0 bridgehead atoms. The van der Waals surface area contributed by atoms with Crippen LogP contribution in [0, 0.1) is 6.92 Å². The first-order valence-corrected chi connectivity index (χ1v) is 7.97. The minimum atomic E-state index is 0.0562. The molecule has 0 saturated carbocycles. The normalized spacial score (nSPS) is 11.2. The quantitative estimate of drug-likeness (QED) is 0.506. The Morgan fingerprint density at radius 2 is 1.83 bits per heavy atom. The minimum Gasteiger partial charge on any atom is -0.399 e. The van der Waals surface area contributed by atoms with E-state index in [1.54, 1.807) is 6.21 Å². The van der Waals surface area contributed by atoms with E-state index < -0.39 is 0 Å². The Morgan fingerprint density at radius 3 is 2.58 bits per heavy atom. The number of rotatable bonds is 5. The lowest BCUT2D eigenvalue weighted by atomic mass is 10.1. The highest BCUT2D eigenvalue weighted by Crippen LogP contribution is 2.33. The fourth-order valence-electron chi connectivity index (χ4n) is 3.03. The summed E-state index contributed by atoms with van der Waals surface area (Å²) < 4.78 is 1.83. The number of hydrogen-bond donors (Lipinski definition) is 0. The largest absolute Gasteiger partial charge is 0.399 e. The molecular formula is C20H20N2O2. The summed E-state index contributed by atoms with van der Waals surface area (Å²) in [5, 5.41) is 4.81. The Hall–Kier alpha value is -2.88. The third kappa shape index (κ3) is 2.95. The Balaban J connectivity index is 2.11. The van der Waals surface area contributed by atoms with Gasteiger partial charge >= 0.3 is 0 Å². The zero-order chi connectivity index (χ0) is 16.9. The number of para-hydroxylation sites is 1. The number of nitrogens with zero attached hydrogens (tertiary/aromatic N) is 2. The van der Waals surface area contributed by atoms with Crippen molar-refractivity contribution in [2.24, 2.45) is 5.16 Å². The van der Waals surface area contributed by atoms with Gasteiger partial charge in [-0.1, -0.05) is 53.7 Å². The predicted octanol–water partition coefficient (Wildman–Crippen LogP) is 4.67. The van der Waals surface area contributed by atoms with Gasteiger partial charge in [0.1, 0.15) is 7.11 Å². The highest BCUT2D eigenvalue weighted by atomic mass is 16.6. The van der Waals surface area contributed by atoms with E-state index in [2.05, 4.69) is 23.0 Å². The highest BCUT2D eigenvalue weighted by molar-refractivity contribution is 6.01. The topological polar surface area (TPSA) is 43.6 Å². The van der Waals surface area contributed by atoms with Crippen LogP contribution in [0.15, 0.2) is 59.8 Å². The number of oxime groups is 1. The van der Waals surface area contributed by atoms with Crippen molar-refractivity contribution in [1.82, 2.24) is 4.57 Å². The van der Waals surface area contributed by atoms with E-state index in [9.17, 15) is 4.79 Å². The van der Waals surface area contributed by atoms with Crippen molar-refractivity contribution in [3.05, 3.63) is 60.2 Å². The average molecular weight is 320 g/mol. The van der Waals surface area contributed by atoms with Crippen molar-refractivity contribution < 1.29 is 9.63 Å². The van der Waals surface area contributed by atoms with Crippen LogP contribution in [0.4, 0.5) is 0 Å². The molecular weight excluding hydrogens is 300 g/mol. The van der Waals surface area contributed by atoms with Crippen LogP contribution in [-0.2, 0) is 4.84 Å². The van der Waals surface area contributed by atoms with Crippen molar-refractivity contribution >= 4 is 23.0 Å². The number of carbonyl (C=O) groups is 1. The van der Waals surface area contributed by atoms with Gasteiger partial charge in [0.25, 0.3) is 0 Å². The fourth-order valence-corrected chi connectivity index (χ4v) is 3.03. The first-order valence-electron chi connectivity index (χ1n) is 7.97. The molecule has 0 spiro atoms. The van der Waals surface area contributed by atoms with Gasteiger partial charge in [-0.2, -0.15) is 0 Å². The van der Waals surface area contributed by atoms with Crippen molar-refractivity contribution in [1.29, 1.82) is 0 Å². The maximum Gasteiger partial charge on any atom is 0.231 e. The van der Waals surface area contributed by atoms with Crippen LogP contribution in [0.3, 0.4) is 0 Å². The lowest BCUT2D eigenvalue weighted by molar-refractivity contribution is 0.0912. The van der Waals surface area contributed by atoms with Crippen molar-refractivity contribution in [2.45, 2.75) is 19.8 Å². The lowest BCUT2D eigenvalue weighted by Gasteiger charge is -2.10. The van der Waals surface area contributed by atoms with Gasteiger partial charge in [0, 0.05) is 18.0 Å². The van der Waals surface area contributed by atoms with Gasteiger partial charge in [-0.3, -0.25) is 9.36 Å². The number of aromatic nitrogens is 1. The molecule has 0 fully saturated rings. The first kappa shape index (κ1) is 16.0. The molecule has 122 valence electrons. The summed E-state index contributed by atoms with van der Waals surface area (Å²) in [4.78, 5) is 17.5. The third-order valence-corrected chi connectivity index (χ3v) is 4.09. The van der Waals surface area contributed by atoms with Gasteiger partial charge in [0.15, 0.2) is 0 Å². The van der Waals surface area contributed by atoms with Gasteiger partial charge in [-0.15, -0.1) is 0 Å². The van der Waals surface area contributed by atoms with E-state index >= 15 is 0 Å². The summed E-state index contributed by atoms with van der Waals surface area (Å²) in [7, 11) is 1.49.